The van der Waals surface area contributed by atoms with E-state index in [9.17, 15) is 0 Å². The van der Waals surface area contributed by atoms with E-state index in [1.54, 1.807) is 6.33 Å². The molecule has 2 rings (SSSR count). The average Bonchev–Trinajstić information content (AvgIpc) is 2.50. The number of nitrogens with zero attached hydrogens (tertiary/aromatic N) is 3. The van der Waals surface area contributed by atoms with E-state index in [4.69, 9.17) is 4.74 Å². The van der Waals surface area contributed by atoms with Crippen molar-refractivity contribution in [1.29, 1.82) is 0 Å². The van der Waals surface area contributed by atoms with E-state index in [1.165, 1.54) is 12.8 Å². The highest BCUT2D eigenvalue weighted by molar-refractivity contribution is 5.50. The lowest BCUT2D eigenvalue weighted by Crippen LogP contribution is -2.39. The van der Waals surface area contributed by atoms with Crippen LogP contribution in [0, 0.1) is 12.8 Å². The van der Waals surface area contributed by atoms with E-state index in [2.05, 4.69) is 34.0 Å². The lowest BCUT2D eigenvalue weighted by molar-refractivity contribution is 0.323. The van der Waals surface area contributed by atoms with E-state index < -0.39 is 0 Å². The number of aromatic nitrogens is 2. The molecule has 0 spiro atoms. The second-order valence-corrected chi connectivity index (χ2v) is 5.72. The average molecular weight is 292 g/mol. The molecule has 1 atom stereocenters. The van der Waals surface area contributed by atoms with Crippen molar-refractivity contribution in [3.63, 3.8) is 0 Å². The molecule has 21 heavy (non-hydrogen) atoms. The highest BCUT2D eigenvalue weighted by Gasteiger charge is 2.20. The minimum atomic E-state index is 0.637. The van der Waals surface area contributed by atoms with Gasteiger partial charge in [0.15, 0.2) is 0 Å². The molecule has 0 aliphatic carbocycles. The Balaban J connectivity index is 2.14. The van der Waals surface area contributed by atoms with Crippen LogP contribution in [0.1, 0.15) is 38.7 Å². The zero-order valence-corrected chi connectivity index (χ0v) is 13.6. The fraction of sp³-hybridized carbons (Fsp3) is 0.750. The highest BCUT2D eigenvalue weighted by Crippen LogP contribution is 2.25. The molecule has 1 aromatic heterocycles. The first-order valence-corrected chi connectivity index (χ1v) is 8.16. The van der Waals surface area contributed by atoms with Gasteiger partial charge in [0, 0.05) is 13.1 Å². The van der Waals surface area contributed by atoms with Crippen molar-refractivity contribution < 1.29 is 4.74 Å². The number of ether oxygens (including phenoxy) is 1. The highest BCUT2D eigenvalue weighted by atomic mass is 16.5. The minimum Gasteiger partial charge on any atom is -0.478 e. The number of anilines is 1. The van der Waals surface area contributed by atoms with Crippen molar-refractivity contribution in [2.24, 2.45) is 5.92 Å². The maximum absolute atomic E-state index is 5.61. The molecule has 1 N–H and O–H groups in total. The molecule has 0 radical (unpaired) electrons. The predicted octanol–water partition coefficient (Wildman–Crippen LogP) is 2.40. The van der Waals surface area contributed by atoms with Crippen molar-refractivity contribution in [3.05, 3.63) is 11.9 Å². The largest absolute Gasteiger partial charge is 0.478 e. The van der Waals surface area contributed by atoms with Crippen LogP contribution in [0.25, 0.3) is 0 Å². The van der Waals surface area contributed by atoms with Crippen molar-refractivity contribution in [1.82, 2.24) is 15.3 Å². The molecule has 0 amide bonds. The molecule has 1 unspecified atom stereocenters. The molecule has 1 aliphatic rings. The molecule has 1 saturated heterocycles. The Labute approximate surface area is 128 Å². The summed E-state index contributed by atoms with van der Waals surface area (Å²) in [5, 5.41) is 3.50. The maximum Gasteiger partial charge on any atom is 0.221 e. The molecule has 1 aromatic rings. The number of piperidine rings is 1. The van der Waals surface area contributed by atoms with Crippen LogP contribution in [0.4, 0.5) is 5.82 Å². The van der Waals surface area contributed by atoms with Crippen molar-refractivity contribution in [2.45, 2.75) is 40.0 Å². The first kappa shape index (κ1) is 16.0. The van der Waals surface area contributed by atoms with E-state index in [1.807, 2.05) is 6.92 Å². The second kappa shape index (κ2) is 8.17. The summed E-state index contributed by atoms with van der Waals surface area (Å²) in [6, 6.07) is 0. The molecule has 5 heteroatoms. The lowest BCUT2D eigenvalue weighted by atomic mass is 9.99. The molecule has 1 fully saturated rings. The molecule has 0 saturated carbocycles. The van der Waals surface area contributed by atoms with Gasteiger partial charge in [-0.2, -0.15) is 0 Å². The summed E-state index contributed by atoms with van der Waals surface area (Å²) < 4.78 is 5.61. The third kappa shape index (κ3) is 4.30. The third-order valence-electron chi connectivity index (χ3n) is 3.96. The van der Waals surface area contributed by atoms with Crippen LogP contribution in [-0.4, -0.2) is 42.8 Å². The summed E-state index contributed by atoms with van der Waals surface area (Å²) in [5.41, 5.74) is 1.05. The zero-order valence-electron chi connectivity index (χ0n) is 13.6. The molecule has 1 aliphatic heterocycles. The lowest BCUT2D eigenvalue weighted by Gasteiger charge is -2.31. The Hall–Kier alpha value is -1.36. The van der Waals surface area contributed by atoms with Crippen LogP contribution in [0.3, 0.4) is 0 Å². The Bertz CT molecular complexity index is 432. The smallest absolute Gasteiger partial charge is 0.221 e. The number of hydrogen-bond donors (Lipinski definition) is 1. The standard InChI is InChI=1S/C16H28N4O/c1-4-9-20(11-14-7-6-8-17-10-14)15-13(3)16(21-5-2)19-12-18-15/h12,14,17H,4-11H2,1-3H3. The summed E-state index contributed by atoms with van der Waals surface area (Å²) in [6.07, 6.45) is 5.32. The first-order chi connectivity index (χ1) is 10.3. The van der Waals surface area contributed by atoms with Gasteiger partial charge in [0.05, 0.1) is 12.2 Å². The van der Waals surface area contributed by atoms with Crippen LogP contribution in [0.2, 0.25) is 0 Å². The van der Waals surface area contributed by atoms with E-state index in [-0.39, 0.29) is 0 Å². The van der Waals surface area contributed by atoms with Gasteiger partial charge in [0.1, 0.15) is 12.1 Å². The van der Waals surface area contributed by atoms with Gasteiger partial charge in [-0.25, -0.2) is 9.97 Å². The van der Waals surface area contributed by atoms with E-state index in [0.29, 0.717) is 18.4 Å². The van der Waals surface area contributed by atoms with Gasteiger partial charge in [0.25, 0.3) is 0 Å². The van der Waals surface area contributed by atoms with Crippen LogP contribution >= 0.6 is 0 Å². The topological polar surface area (TPSA) is 50.3 Å². The van der Waals surface area contributed by atoms with Crippen molar-refractivity contribution >= 4 is 5.82 Å². The maximum atomic E-state index is 5.61. The Kier molecular flexibility index (Phi) is 6.23. The zero-order chi connectivity index (χ0) is 15.1. The molecule has 2 heterocycles. The summed E-state index contributed by atoms with van der Waals surface area (Å²) in [4.78, 5) is 11.2. The summed E-state index contributed by atoms with van der Waals surface area (Å²) in [7, 11) is 0. The van der Waals surface area contributed by atoms with E-state index >= 15 is 0 Å². The van der Waals surface area contributed by atoms with E-state index in [0.717, 1.165) is 44.0 Å². The summed E-state index contributed by atoms with van der Waals surface area (Å²) in [6.45, 7) is 11.3. The monoisotopic (exact) mass is 292 g/mol. The Morgan fingerprint density at radius 1 is 1.38 bits per heavy atom. The van der Waals surface area contributed by atoms with Crippen LogP contribution in [0.15, 0.2) is 6.33 Å². The minimum absolute atomic E-state index is 0.637. The fourth-order valence-electron chi connectivity index (χ4n) is 2.97. The van der Waals surface area contributed by atoms with Gasteiger partial charge in [-0.1, -0.05) is 6.92 Å². The first-order valence-electron chi connectivity index (χ1n) is 8.16. The number of nitrogens with one attached hydrogen (secondary N) is 1. The van der Waals surface area contributed by atoms with Gasteiger partial charge in [0.2, 0.25) is 5.88 Å². The normalized spacial score (nSPS) is 18.5. The fourth-order valence-corrected chi connectivity index (χ4v) is 2.97. The van der Waals surface area contributed by atoms with Crippen molar-refractivity contribution in [3.8, 4) is 5.88 Å². The molecular weight excluding hydrogens is 264 g/mol. The second-order valence-electron chi connectivity index (χ2n) is 5.72. The predicted molar refractivity (Wildman–Crippen MR) is 86.0 cm³/mol. The summed E-state index contributed by atoms with van der Waals surface area (Å²) in [5.74, 6) is 2.45. The molecule has 0 aromatic carbocycles. The van der Waals surface area contributed by atoms with Gasteiger partial charge in [-0.05, 0) is 52.1 Å². The van der Waals surface area contributed by atoms with Gasteiger partial charge >= 0.3 is 0 Å². The van der Waals surface area contributed by atoms with Gasteiger partial charge in [-0.3, -0.25) is 0 Å². The summed E-state index contributed by atoms with van der Waals surface area (Å²) >= 11 is 0. The van der Waals surface area contributed by atoms with Gasteiger partial charge in [-0.15, -0.1) is 0 Å². The molecule has 0 bridgehead atoms. The molecule has 5 nitrogen and oxygen atoms in total. The van der Waals surface area contributed by atoms with Crippen molar-refractivity contribution in [2.75, 3.05) is 37.7 Å². The third-order valence-corrected chi connectivity index (χ3v) is 3.96. The Morgan fingerprint density at radius 2 is 2.24 bits per heavy atom. The number of hydrogen-bond acceptors (Lipinski definition) is 5. The molecule has 118 valence electrons. The van der Waals surface area contributed by atoms with Crippen LogP contribution in [-0.2, 0) is 0 Å². The quantitative estimate of drug-likeness (QED) is 0.836. The van der Waals surface area contributed by atoms with Gasteiger partial charge < -0.3 is 15.0 Å². The number of rotatable bonds is 7. The molecular formula is C16H28N4O. The van der Waals surface area contributed by atoms with Crippen LogP contribution in [0.5, 0.6) is 5.88 Å². The van der Waals surface area contributed by atoms with Crippen LogP contribution < -0.4 is 15.0 Å². The SMILES string of the molecule is CCCN(CC1CCCNC1)c1ncnc(OCC)c1C. The Morgan fingerprint density at radius 3 is 2.90 bits per heavy atom.